The van der Waals surface area contributed by atoms with Crippen LogP contribution in [-0.4, -0.2) is 52.1 Å². The molecule has 1 amide bonds. The lowest BCUT2D eigenvalue weighted by Crippen LogP contribution is -2.36. The maximum absolute atomic E-state index is 12.7. The van der Waals surface area contributed by atoms with Gasteiger partial charge in [0.1, 0.15) is 4.83 Å². The molecule has 2 N–H and O–H groups in total. The minimum absolute atomic E-state index is 0.0186. The summed E-state index contributed by atoms with van der Waals surface area (Å²) < 4.78 is 10.9. The summed E-state index contributed by atoms with van der Waals surface area (Å²) in [6.45, 7) is 4.94. The largest absolute Gasteiger partial charge is 0.465 e. The number of thiophene rings is 1. The predicted molar refractivity (Wildman–Crippen MR) is 103 cm³/mol. The van der Waals surface area contributed by atoms with Crippen molar-refractivity contribution in [2.24, 2.45) is 0 Å². The first-order chi connectivity index (χ1) is 13.0. The molecule has 0 fully saturated rings. The number of hydrogen-bond acceptors (Lipinski definition) is 9. The van der Waals surface area contributed by atoms with Gasteiger partial charge in [-0.3, -0.25) is 9.59 Å². The fourth-order valence-corrected chi connectivity index (χ4v) is 4.83. The van der Waals surface area contributed by atoms with Crippen LogP contribution in [0.2, 0.25) is 0 Å². The maximum Gasteiger partial charge on any atom is 0.410 e. The Bertz CT molecular complexity index is 939. The first-order valence-electron chi connectivity index (χ1n) is 8.48. The van der Waals surface area contributed by atoms with Gasteiger partial charge in [0, 0.05) is 11.4 Å². The van der Waals surface area contributed by atoms with E-state index in [9.17, 15) is 14.4 Å². The van der Waals surface area contributed by atoms with E-state index in [4.69, 9.17) is 15.3 Å². The van der Waals surface area contributed by atoms with Crippen molar-refractivity contribution in [2.45, 2.75) is 32.0 Å². The predicted octanol–water partition coefficient (Wildman–Crippen LogP) is 1.34. The number of hydrogen-bond donors (Lipinski definition) is 1. The molecule has 0 aliphatic carbocycles. The molecule has 3 rings (SSSR count). The highest BCUT2D eigenvalue weighted by Crippen LogP contribution is 2.33. The Morgan fingerprint density at radius 1 is 1.30 bits per heavy atom. The quantitative estimate of drug-likeness (QED) is 0.338. The molecule has 0 bridgehead atoms. The van der Waals surface area contributed by atoms with Gasteiger partial charge < -0.3 is 20.2 Å². The van der Waals surface area contributed by atoms with E-state index < -0.39 is 5.97 Å². The molecule has 0 unspecified atom stereocenters. The number of rotatable bonds is 5. The van der Waals surface area contributed by atoms with Crippen LogP contribution >= 0.6 is 23.1 Å². The molecule has 1 aliphatic rings. The fourth-order valence-electron chi connectivity index (χ4n) is 2.83. The second kappa shape index (κ2) is 8.17. The summed E-state index contributed by atoms with van der Waals surface area (Å²) in [5.41, 5.74) is 0.530. The molecule has 27 heavy (non-hydrogen) atoms. The summed E-state index contributed by atoms with van der Waals surface area (Å²) in [5.74, 6) is 5.53. The van der Waals surface area contributed by atoms with Gasteiger partial charge in [0.05, 0.1) is 30.9 Å². The monoisotopic (exact) mass is 412 g/mol. The van der Waals surface area contributed by atoms with E-state index >= 15 is 0 Å². The van der Waals surface area contributed by atoms with E-state index in [-0.39, 0.29) is 29.2 Å². The number of esters is 1. The molecule has 3 heterocycles. The first kappa shape index (κ1) is 19.5. The minimum atomic E-state index is -0.396. The molecule has 0 radical (unpaired) electrons. The first-order valence-corrected chi connectivity index (χ1v) is 10.3. The molecule has 146 valence electrons. The summed E-state index contributed by atoms with van der Waals surface area (Å²) >= 11 is 2.42. The van der Waals surface area contributed by atoms with Crippen molar-refractivity contribution in [2.75, 3.05) is 31.4 Å². The van der Waals surface area contributed by atoms with E-state index in [1.807, 2.05) is 0 Å². The number of carbonyl (C=O) groups is 2. The van der Waals surface area contributed by atoms with Crippen molar-refractivity contribution < 1.29 is 19.1 Å². The highest BCUT2D eigenvalue weighted by atomic mass is 32.2. The van der Waals surface area contributed by atoms with Crippen LogP contribution in [0.5, 0.6) is 0 Å². The zero-order valence-corrected chi connectivity index (χ0v) is 16.7. The SMILES string of the molecule is CCOC(=O)CSc1nc2sc3c(c2c(=O)n1N)CCN(C(=O)OCC)C3. The minimum Gasteiger partial charge on any atom is -0.465 e. The maximum atomic E-state index is 12.7. The van der Waals surface area contributed by atoms with Gasteiger partial charge in [-0.05, 0) is 25.8 Å². The lowest BCUT2D eigenvalue weighted by Gasteiger charge is -2.25. The Labute approximate surface area is 163 Å². The van der Waals surface area contributed by atoms with Crippen LogP contribution in [0.1, 0.15) is 24.3 Å². The normalized spacial score (nSPS) is 13.5. The number of nitrogens with zero attached hydrogens (tertiary/aromatic N) is 3. The van der Waals surface area contributed by atoms with Gasteiger partial charge >= 0.3 is 12.1 Å². The lowest BCUT2D eigenvalue weighted by atomic mass is 10.1. The van der Waals surface area contributed by atoms with Crippen molar-refractivity contribution in [3.05, 3.63) is 20.8 Å². The molecule has 0 spiro atoms. The van der Waals surface area contributed by atoms with Crippen molar-refractivity contribution in [1.29, 1.82) is 0 Å². The third-order valence-corrected chi connectivity index (χ3v) is 6.06. The van der Waals surface area contributed by atoms with Crippen LogP contribution in [0, 0.1) is 0 Å². The van der Waals surface area contributed by atoms with Gasteiger partial charge in [-0.1, -0.05) is 11.8 Å². The Hall–Kier alpha value is -2.27. The zero-order chi connectivity index (χ0) is 19.6. The van der Waals surface area contributed by atoms with Crippen molar-refractivity contribution in [3.8, 4) is 0 Å². The number of aromatic nitrogens is 2. The van der Waals surface area contributed by atoms with Gasteiger partial charge in [0.2, 0.25) is 0 Å². The Morgan fingerprint density at radius 3 is 2.74 bits per heavy atom. The van der Waals surface area contributed by atoms with E-state index in [1.165, 1.54) is 11.3 Å². The Morgan fingerprint density at radius 2 is 2.04 bits per heavy atom. The van der Waals surface area contributed by atoms with Gasteiger partial charge in [-0.2, -0.15) is 0 Å². The number of nitrogen functional groups attached to an aromatic ring is 1. The summed E-state index contributed by atoms with van der Waals surface area (Å²) in [6.07, 6.45) is 0.177. The highest BCUT2D eigenvalue weighted by Gasteiger charge is 2.27. The molecule has 11 heteroatoms. The lowest BCUT2D eigenvalue weighted by molar-refractivity contribution is -0.139. The van der Waals surface area contributed by atoms with Crippen LogP contribution in [0.25, 0.3) is 10.2 Å². The summed E-state index contributed by atoms with van der Waals surface area (Å²) in [7, 11) is 0. The van der Waals surface area contributed by atoms with Crippen molar-refractivity contribution in [3.63, 3.8) is 0 Å². The molecular formula is C16H20N4O5S2. The summed E-state index contributed by atoms with van der Waals surface area (Å²) in [6, 6.07) is 0. The summed E-state index contributed by atoms with van der Waals surface area (Å²) in [4.78, 5) is 43.8. The number of fused-ring (bicyclic) bond motifs is 3. The number of nitrogens with two attached hydrogens (primary N) is 1. The Balaban J connectivity index is 1.90. The van der Waals surface area contributed by atoms with Crippen LogP contribution in [0.4, 0.5) is 4.79 Å². The number of ether oxygens (including phenoxy) is 2. The standard InChI is InChI=1S/C16H20N4O5S2/c1-3-24-11(21)8-26-15-18-13-12(14(22)20(15)17)9-5-6-19(7-10(9)27-13)16(23)25-4-2/h3-8,17H2,1-2H3. The molecule has 2 aromatic heterocycles. The average Bonchev–Trinajstić information content (AvgIpc) is 3.01. The second-order valence-corrected chi connectivity index (χ2v) is 7.74. The molecule has 0 aromatic carbocycles. The summed E-state index contributed by atoms with van der Waals surface area (Å²) in [5, 5.41) is 0.739. The molecule has 2 aromatic rings. The van der Waals surface area contributed by atoms with Gasteiger partial charge in [0.15, 0.2) is 5.16 Å². The number of carbonyl (C=O) groups excluding carboxylic acids is 2. The van der Waals surface area contributed by atoms with Crippen LogP contribution in [0.3, 0.4) is 0 Å². The van der Waals surface area contributed by atoms with Gasteiger partial charge in [-0.15, -0.1) is 11.3 Å². The topological polar surface area (TPSA) is 117 Å². The van der Waals surface area contributed by atoms with E-state index in [0.717, 1.165) is 26.9 Å². The van der Waals surface area contributed by atoms with E-state index in [1.54, 1.807) is 18.7 Å². The van der Waals surface area contributed by atoms with Crippen LogP contribution in [0.15, 0.2) is 9.95 Å². The number of amides is 1. The molecular weight excluding hydrogens is 392 g/mol. The molecule has 0 atom stereocenters. The van der Waals surface area contributed by atoms with Gasteiger partial charge in [-0.25, -0.2) is 14.5 Å². The molecule has 9 nitrogen and oxygen atoms in total. The highest BCUT2D eigenvalue weighted by molar-refractivity contribution is 7.99. The second-order valence-electron chi connectivity index (χ2n) is 5.72. The van der Waals surface area contributed by atoms with E-state index in [2.05, 4.69) is 4.98 Å². The van der Waals surface area contributed by atoms with Crippen molar-refractivity contribution >= 4 is 45.4 Å². The smallest absolute Gasteiger partial charge is 0.410 e. The third-order valence-electron chi connectivity index (χ3n) is 4.02. The zero-order valence-electron chi connectivity index (χ0n) is 15.0. The van der Waals surface area contributed by atoms with Gasteiger partial charge in [0.25, 0.3) is 5.56 Å². The Kier molecular flexibility index (Phi) is 5.90. The molecule has 0 saturated heterocycles. The van der Waals surface area contributed by atoms with Crippen LogP contribution in [-0.2, 0) is 27.2 Å². The molecule has 0 saturated carbocycles. The van der Waals surface area contributed by atoms with Crippen molar-refractivity contribution in [1.82, 2.24) is 14.6 Å². The third kappa shape index (κ3) is 3.88. The van der Waals surface area contributed by atoms with Crippen LogP contribution < -0.4 is 11.4 Å². The fraction of sp³-hybridized carbons (Fsp3) is 0.500. The number of thioether (sulfide) groups is 1. The van der Waals surface area contributed by atoms with E-state index in [0.29, 0.717) is 36.3 Å². The molecule has 1 aliphatic heterocycles. The average molecular weight is 412 g/mol.